The van der Waals surface area contributed by atoms with E-state index in [0.717, 1.165) is 4.31 Å². The van der Waals surface area contributed by atoms with Gasteiger partial charge in [0.05, 0.1) is 11.3 Å². The lowest BCUT2D eigenvalue weighted by atomic mass is 9.85. The summed E-state index contributed by atoms with van der Waals surface area (Å²) in [5.41, 5.74) is 5.40. The zero-order valence-electron chi connectivity index (χ0n) is 16.9. The Hall–Kier alpha value is -3.00. The standard InChI is InChI=1S/C21H21F2N5O2S/c1-20(21(7-8-21)31(29,30)28(2)19(25)27-20)15-9-13(3-5-16(15)22)10-17(23)18-6-4-14(11-24)12-26-18/h3-6,9-10,12,29-30H,7-8H2,1-2H3,(H2,25,27). The van der Waals surface area contributed by atoms with E-state index in [4.69, 9.17) is 11.0 Å². The first kappa shape index (κ1) is 21.2. The molecule has 31 heavy (non-hydrogen) atoms. The molecule has 1 aromatic carbocycles. The smallest absolute Gasteiger partial charge is 0.210 e. The maximum atomic E-state index is 15.0. The zero-order valence-corrected chi connectivity index (χ0v) is 17.7. The van der Waals surface area contributed by atoms with Gasteiger partial charge in [0.25, 0.3) is 0 Å². The summed E-state index contributed by atoms with van der Waals surface area (Å²) in [5.74, 6) is -1.36. The Bertz CT molecular complexity index is 1160. The summed E-state index contributed by atoms with van der Waals surface area (Å²) in [6, 6.07) is 8.78. The molecule has 1 spiro atoms. The second-order valence-corrected chi connectivity index (χ2v) is 10.2. The van der Waals surface area contributed by atoms with Crippen LogP contribution in [-0.4, -0.2) is 36.1 Å². The number of pyridine rings is 1. The molecule has 1 aromatic heterocycles. The van der Waals surface area contributed by atoms with Crippen molar-refractivity contribution in [2.75, 3.05) is 7.05 Å². The molecular weight excluding hydrogens is 424 g/mol. The maximum absolute atomic E-state index is 15.0. The molecule has 1 unspecified atom stereocenters. The highest BCUT2D eigenvalue weighted by atomic mass is 32.3. The third-order valence-corrected chi connectivity index (χ3v) is 8.91. The summed E-state index contributed by atoms with van der Waals surface area (Å²) in [6.45, 7) is 1.62. The lowest BCUT2D eigenvalue weighted by Crippen LogP contribution is -2.55. The first-order valence-corrected chi connectivity index (χ1v) is 11.0. The number of halogens is 2. The summed E-state index contributed by atoms with van der Waals surface area (Å²) < 4.78 is 51.5. The van der Waals surface area contributed by atoms with Gasteiger partial charge in [0.2, 0.25) is 5.96 Å². The van der Waals surface area contributed by atoms with Crippen LogP contribution in [0.4, 0.5) is 8.78 Å². The Labute approximate surface area is 180 Å². The summed E-state index contributed by atoms with van der Waals surface area (Å²) in [7, 11) is -1.90. The third-order valence-electron chi connectivity index (χ3n) is 6.10. The topological polar surface area (TPSA) is 119 Å². The molecule has 1 aliphatic heterocycles. The van der Waals surface area contributed by atoms with Crippen LogP contribution in [0.5, 0.6) is 0 Å². The summed E-state index contributed by atoms with van der Waals surface area (Å²) >= 11 is 0. The van der Waals surface area contributed by atoms with Crippen molar-refractivity contribution >= 4 is 28.6 Å². The molecule has 2 heterocycles. The monoisotopic (exact) mass is 445 g/mol. The molecule has 162 valence electrons. The number of nitrogens with two attached hydrogens (primary N) is 1. The van der Waals surface area contributed by atoms with Gasteiger partial charge in [-0.15, -0.1) is 10.8 Å². The molecule has 4 rings (SSSR count). The van der Waals surface area contributed by atoms with Crippen molar-refractivity contribution in [3.8, 4) is 6.07 Å². The van der Waals surface area contributed by atoms with E-state index >= 15 is 0 Å². The molecule has 0 saturated heterocycles. The van der Waals surface area contributed by atoms with E-state index in [-0.39, 0.29) is 17.2 Å². The van der Waals surface area contributed by atoms with Crippen LogP contribution >= 0.6 is 10.8 Å². The Morgan fingerprint density at radius 3 is 2.61 bits per heavy atom. The van der Waals surface area contributed by atoms with Crippen molar-refractivity contribution in [3.63, 3.8) is 0 Å². The average molecular weight is 445 g/mol. The van der Waals surface area contributed by atoms with E-state index in [0.29, 0.717) is 24.0 Å². The first-order chi connectivity index (χ1) is 14.6. The fourth-order valence-corrected chi connectivity index (χ4v) is 6.23. The van der Waals surface area contributed by atoms with Gasteiger partial charge in [0.1, 0.15) is 28.0 Å². The van der Waals surface area contributed by atoms with E-state index in [2.05, 4.69) is 9.98 Å². The predicted octanol–water partition coefficient (Wildman–Crippen LogP) is 4.23. The molecule has 1 fully saturated rings. The highest BCUT2D eigenvalue weighted by Gasteiger charge is 2.70. The van der Waals surface area contributed by atoms with Crippen LogP contribution in [0.25, 0.3) is 11.9 Å². The Balaban J connectivity index is 1.79. The number of nitrogens with zero attached hydrogens (tertiary/aromatic N) is 4. The van der Waals surface area contributed by atoms with Crippen LogP contribution in [0.15, 0.2) is 41.5 Å². The van der Waals surface area contributed by atoms with Crippen molar-refractivity contribution in [1.29, 1.82) is 5.26 Å². The van der Waals surface area contributed by atoms with Crippen molar-refractivity contribution < 1.29 is 17.9 Å². The largest absolute Gasteiger partial charge is 0.369 e. The number of aliphatic imine (C=N–C) groups is 1. The number of benzene rings is 1. The summed E-state index contributed by atoms with van der Waals surface area (Å²) in [6.07, 6.45) is 3.34. The van der Waals surface area contributed by atoms with Gasteiger partial charge < -0.3 is 5.73 Å². The molecule has 4 N–H and O–H groups in total. The minimum atomic E-state index is -3.35. The van der Waals surface area contributed by atoms with Gasteiger partial charge in [-0.1, -0.05) is 6.07 Å². The number of nitriles is 1. The molecule has 1 saturated carbocycles. The van der Waals surface area contributed by atoms with Crippen molar-refractivity contribution in [1.82, 2.24) is 9.29 Å². The van der Waals surface area contributed by atoms with Gasteiger partial charge in [-0.2, -0.15) is 5.26 Å². The first-order valence-electron chi connectivity index (χ1n) is 9.46. The maximum Gasteiger partial charge on any atom is 0.210 e. The van der Waals surface area contributed by atoms with Crippen LogP contribution < -0.4 is 5.73 Å². The lowest BCUT2D eigenvalue weighted by Gasteiger charge is -2.56. The predicted molar refractivity (Wildman–Crippen MR) is 116 cm³/mol. The van der Waals surface area contributed by atoms with E-state index in [9.17, 15) is 17.9 Å². The van der Waals surface area contributed by atoms with Gasteiger partial charge in [0, 0.05) is 18.8 Å². The molecule has 10 heteroatoms. The van der Waals surface area contributed by atoms with Crippen molar-refractivity contribution in [3.05, 3.63) is 64.7 Å². The summed E-state index contributed by atoms with van der Waals surface area (Å²) in [4.78, 5) is 8.37. The van der Waals surface area contributed by atoms with Crippen molar-refractivity contribution in [2.24, 2.45) is 10.7 Å². The quantitative estimate of drug-likeness (QED) is 0.650. The normalized spacial score (nSPS) is 25.0. The van der Waals surface area contributed by atoms with E-state index < -0.39 is 32.7 Å². The Morgan fingerprint density at radius 2 is 2.03 bits per heavy atom. The number of hydrogen-bond acceptors (Lipinski definition) is 7. The molecule has 2 aliphatic rings. The van der Waals surface area contributed by atoms with Gasteiger partial charge in [-0.3, -0.25) is 14.1 Å². The molecular formula is C21H21F2N5O2S. The third kappa shape index (κ3) is 3.08. The Morgan fingerprint density at radius 1 is 1.32 bits per heavy atom. The molecule has 7 nitrogen and oxygen atoms in total. The summed E-state index contributed by atoms with van der Waals surface area (Å²) in [5, 5.41) is 8.84. The molecule has 1 aliphatic carbocycles. The molecule has 0 amide bonds. The molecule has 1 atom stereocenters. The van der Waals surface area contributed by atoms with E-state index in [1.54, 1.807) is 6.92 Å². The number of hydrogen-bond donors (Lipinski definition) is 3. The van der Waals surface area contributed by atoms with Gasteiger partial charge in [0.15, 0.2) is 0 Å². The average Bonchev–Trinajstić information content (AvgIpc) is 3.56. The Kier molecular flexibility index (Phi) is 4.81. The molecule has 0 bridgehead atoms. The fraction of sp³-hybridized carbons (Fsp3) is 0.286. The highest BCUT2D eigenvalue weighted by molar-refractivity contribution is 8.24. The van der Waals surface area contributed by atoms with Crippen LogP contribution in [0, 0.1) is 17.1 Å². The van der Waals surface area contributed by atoms with Crippen LogP contribution in [-0.2, 0) is 5.54 Å². The van der Waals surface area contributed by atoms with Gasteiger partial charge >= 0.3 is 0 Å². The van der Waals surface area contributed by atoms with Gasteiger partial charge in [-0.05, 0) is 55.7 Å². The second-order valence-electron chi connectivity index (χ2n) is 7.83. The van der Waals surface area contributed by atoms with E-state index in [1.165, 1.54) is 49.7 Å². The minimum Gasteiger partial charge on any atom is -0.369 e. The number of guanidine groups is 1. The van der Waals surface area contributed by atoms with Crippen LogP contribution in [0.3, 0.4) is 0 Å². The van der Waals surface area contributed by atoms with Gasteiger partial charge in [-0.25, -0.2) is 18.1 Å². The number of aromatic nitrogens is 1. The fourth-order valence-electron chi connectivity index (χ4n) is 4.07. The van der Waals surface area contributed by atoms with Crippen LogP contribution in [0.2, 0.25) is 0 Å². The lowest BCUT2D eigenvalue weighted by molar-refractivity contribution is 0.331. The molecule has 0 radical (unpaired) electrons. The number of rotatable bonds is 3. The van der Waals surface area contributed by atoms with E-state index in [1.807, 2.05) is 6.07 Å². The SMILES string of the molecule is CN1C(N)=NC(C)(c2cc(C=C(F)c3ccc(C#N)cn3)ccc2F)C2(CC2)S1(O)O. The highest BCUT2D eigenvalue weighted by Crippen LogP contribution is 2.76. The minimum absolute atomic E-state index is 0.0329. The second kappa shape index (κ2) is 7.02. The van der Waals surface area contributed by atoms with Crippen molar-refractivity contribution in [2.45, 2.75) is 30.1 Å². The van der Waals surface area contributed by atoms with Crippen LogP contribution in [0.1, 0.15) is 42.1 Å². The zero-order chi connectivity index (χ0) is 22.6. The molecule has 2 aromatic rings.